The zero-order valence-corrected chi connectivity index (χ0v) is 16.5. The fraction of sp³-hybridized carbons (Fsp3) is 0.600. The lowest BCUT2D eigenvalue weighted by atomic mass is 10.0. The fourth-order valence-electron chi connectivity index (χ4n) is 2.94. The lowest BCUT2D eigenvalue weighted by Gasteiger charge is -2.16. The van der Waals surface area contributed by atoms with E-state index in [1.807, 2.05) is 0 Å². The van der Waals surface area contributed by atoms with Crippen molar-refractivity contribution in [1.82, 2.24) is 5.32 Å². The molecule has 0 saturated heterocycles. The van der Waals surface area contributed by atoms with Crippen LogP contribution in [0.2, 0.25) is 0 Å². The number of carbonyl (C=O) groups excluding carboxylic acids is 1. The minimum absolute atomic E-state index is 0.0278. The highest BCUT2D eigenvalue weighted by atomic mass is 19.4. The maximum absolute atomic E-state index is 12.9. The van der Waals surface area contributed by atoms with Gasteiger partial charge in [0, 0.05) is 0 Å². The molecular formula is C20H25F6NO3. The smallest absolute Gasteiger partial charge is 0.416 e. The molecule has 0 aliphatic heterocycles. The number of carboxylic acids is 1. The summed E-state index contributed by atoms with van der Waals surface area (Å²) in [6, 6.07) is -0.368. The van der Waals surface area contributed by atoms with Crippen molar-refractivity contribution in [3.8, 4) is 0 Å². The number of carbonyl (C=O) groups is 2. The number of carboxylic acid groups (broad SMARTS) is 1. The molecule has 1 aromatic carbocycles. The molecule has 1 rings (SSSR count). The van der Waals surface area contributed by atoms with E-state index in [0.717, 1.165) is 32.1 Å². The summed E-state index contributed by atoms with van der Waals surface area (Å²) in [6.07, 6.45) is -5.37. The van der Waals surface area contributed by atoms with Crippen LogP contribution in [0.1, 0.15) is 68.6 Å². The first-order valence-corrected chi connectivity index (χ1v) is 9.65. The van der Waals surface area contributed by atoms with Crippen molar-refractivity contribution in [1.29, 1.82) is 0 Å². The number of benzene rings is 1. The van der Waals surface area contributed by atoms with Gasteiger partial charge in [0.1, 0.15) is 6.04 Å². The van der Waals surface area contributed by atoms with Gasteiger partial charge in [0.2, 0.25) is 5.91 Å². The lowest BCUT2D eigenvalue weighted by Crippen LogP contribution is -2.41. The van der Waals surface area contributed by atoms with Crippen molar-refractivity contribution >= 4 is 11.9 Å². The molecule has 1 amide bonds. The van der Waals surface area contributed by atoms with E-state index in [-0.39, 0.29) is 12.5 Å². The van der Waals surface area contributed by atoms with Crippen LogP contribution in [0.4, 0.5) is 26.3 Å². The number of alkyl halides is 6. The highest BCUT2D eigenvalue weighted by Gasteiger charge is 2.37. The molecule has 0 spiro atoms. The molecule has 1 aromatic rings. The average Bonchev–Trinajstić information content (AvgIpc) is 2.61. The summed E-state index contributed by atoms with van der Waals surface area (Å²) in [5, 5.41) is 11.4. The number of nitrogens with one attached hydrogen (secondary N) is 1. The van der Waals surface area contributed by atoms with Crippen LogP contribution in [0.15, 0.2) is 18.2 Å². The molecule has 2 N–H and O–H groups in total. The third-order valence-corrected chi connectivity index (χ3v) is 4.49. The largest absolute Gasteiger partial charge is 0.480 e. The average molecular weight is 441 g/mol. The molecule has 0 aliphatic carbocycles. The van der Waals surface area contributed by atoms with E-state index in [1.54, 1.807) is 0 Å². The van der Waals surface area contributed by atoms with Gasteiger partial charge in [-0.25, -0.2) is 4.79 Å². The quantitative estimate of drug-likeness (QED) is 0.348. The highest BCUT2D eigenvalue weighted by molar-refractivity contribution is 5.84. The monoisotopic (exact) mass is 441 g/mol. The van der Waals surface area contributed by atoms with Crippen LogP contribution >= 0.6 is 0 Å². The van der Waals surface area contributed by atoms with Crippen molar-refractivity contribution in [2.45, 2.75) is 76.7 Å². The third kappa shape index (κ3) is 9.04. The Labute approximate surface area is 170 Å². The molecule has 10 heteroatoms. The Kier molecular flexibility index (Phi) is 9.64. The van der Waals surface area contributed by atoms with Crippen molar-refractivity contribution in [2.75, 3.05) is 0 Å². The van der Waals surface area contributed by atoms with Crippen LogP contribution in [0.3, 0.4) is 0 Å². The van der Waals surface area contributed by atoms with Gasteiger partial charge >= 0.3 is 18.3 Å². The molecule has 0 radical (unpaired) electrons. The summed E-state index contributed by atoms with van der Waals surface area (Å²) in [5.41, 5.74) is -3.55. The summed E-state index contributed by atoms with van der Waals surface area (Å²) in [4.78, 5) is 23.4. The molecule has 0 aromatic heterocycles. The molecule has 0 fully saturated rings. The Morgan fingerprint density at radius 1 is 0.900 bits per heavy atom. The van der Waals surface area contributed by atoms with Crippen LogP contribution < -0.4 is 5.32 Å². The Morgan fingerprint density at radius 2 is 1.40 bits per heavy atom. The first kappa shape index (κ1) is 25.8. The van der Waals surface area contributed by atoms with E-state index in [9.17, 15) is 41.0 Å². The van der Waals surface area contributed by atoms with Gasteiger partial charge < -0.3 is 10.4 Å². The van der Waals surface area contributed by atoms with E-state index in [1.165, 1.54) is 0 Å². The Balaban J connectivity index is 2.80. The molecule has 170 valence electrons. The molecule has 0 heterocycles. The lowest BCUT2D eigenvalue weighted by molar-refractivity contribution is -0.143. The second-order valence-corrected chi connectivity index (χ2v) is 7.11. The van der Waals surface area contributed by atoms with Gasteiger partial charge in [0.15, 0.2) is 0 Å². The minimum atomic E-state index is -5.02. The number of aliphatic carboxylic acids is 1. The first-order valence-electron chi connectivity index (χ1n) is 9.65. The predicted molar refractivity (Wildman–Crippen MR) is 97.7 cm³/mol. The van der Waals surface area contributed by atoms with E-state index in [0.29, 0.717) is 18.6 Å². The van der Waals surface area contributed by atoms with Gasteiger partial charge in [-0.2, -0.15) is 26.3 Å². The highest BCUT2D eigenvalue weighted by Crippen LogP contribution is 2.36. The van der Waals surface area contributed by atoms with Crippen LogP contribution in [-0.2, 0) is 28.4 Å². The maximum Gasteiger partial charge on any atom is 0.416 e. The molecule has 30 heavy (non-hydrogen) atoms. The molecular weight excluding hydrogens is 416 g/mol. The summed E-state index contributed by atoms with van der Waals surface area (Å²) >= 11 is 0. The van der Waals surface area contributed by atoms with E-state index in [2.05, 4.69) is 12.2 Å². The van der Waals surface area contributed by atoms with E-state index >= 15 is 0 Å². The SMILES string of the molecule is CCCCCCCC[C@H](NC(=O)Cc1cc(C(F)(F)F)cc(C(F)(F)F)c1)C(=O)O. The van der Waals surface area contributed by atoms with Gasteiger partial charge in [0.05, 0.1) is 17.5 Å². The molecule has 0 bridgehead atoms. The Bertz CT molecular complexity index is 683. The molecule has 0 saturated carbocycles. The number of unbranched alkanes of at least 4 members (excludes halogenated alkanes) is 5. The summed E-state index contributed by atoms with van der Waals surface area (Å²) in [7, 11) is 0. The second kappa shape index (κ2) is 11.2. The number of halogens is 6. The first-order chi connectivity index (χ1) is 13.8. The van der Waals surface area contributed by atoms with Gasteiger partial charge in [-0.3, -0.25) is 4.79 Å². The number of rotatable bonds is 11. The minimum Gasteiger partial charge on any atom is -0.480 e. The standard InChI is InChI=1S/C20H25F6NO3/c1-2-3-4-5-6-7-8-16(18(29)30)27-17(28)11-13-9-14(19(21,22)23)12-15(10-13)20(24,25)26/h9-10,12,16H,2-8,11H2,1H3,(H,27,28)(H,29,30)/t16-/m0/s1. The maximum atomic E-state index is 12.9. The van der Waals surface area contributed by atoms with Crippen LogP contribution in [-0.4, -0.2) is 23.0 Å². The van der Waals surface area contributed by atoms with Crippen molar-refractivity contribution in [3.05, 3.63) is 34.9 Å². The zero-order valence-electron chi connectivity index (χ0n) is 16.5. The van der Waals surface area contributed by atoms with Gasteiger partial charge in [0.25, 0.3) is 0 Å². The van der Waals surface area contributed by atoms with Crippen molar-refractivity contribution < 1.29 is 41.0 Å². The van der Waals surface area contributed by atoms with Crippen molar-refractivity contribution in [3.63, 3.8) is 0 Å². The second-order valence-electron chi connectivity index (χ2n) is 7.11. The Morgan fingerprint density at radius 3 is 1.87 bits per heavy atom. The van der Waals surface area contributed by atoms with E-state index < -0.39 is 53.4 Å². The summed E-state index contributed by atoms with van der Waals surface area (Å²) in [5.74, 6) is -2.27. The molecule has 0 unspecified atom stereocenters. The Hall–Kier alpha value is -2.26. The summed E-state index contributed by atoms with van der Waals surface area (Å²) in [6.45, 7) is 2.05. The fourth-order valence-corrected chi connectivity index (χ4v) is 2.94. The number of hydrogen-bond donors (Lipinski definition) is 2. The molecule has 0 aliphatic rings. The van der Waals surface area contributed by atoms with Crippen LogP contribution in [0.5, 0.6) is 0 Å². The normalized spacial score (nSPS) is 13.2. The molecule has 4 nitrogen and oxygen atoms in total. The van der Waals surface area contributed by atoms with Crippen molar-refractivity contribution in [2.24, 2.45) is 0 Å². The van der Waals surface area contributed by atoms with Gasteiger partial charge in [-0.15, -0.1) is 0 Å². The predicted octanol–water partition coefficient (Wildman–Crippen LogP) is 5.59. The van der Waals surface area contributed by atoms with Crippen LogP contribution in [0.25, 0.3) is 0 Å². The third-order valence-electron chi connectivity index (χ3n) is 4.49. The number of hydrogen-bond acceptors (Lipinski definition) is 2. The van der Waals surface area contributed by atoms with E-state index in [4.69, 9.17) is 0 Å². The van der Waals surface area contributed by atoms with Gasteiger partial charge in [-0.1, -0.05) is 45.4 Å². The summed E-state index contributed by atoms with van der Waals surface area (Å²) < 4.78 is 77.4. The molecule has 1 atom stereocenters. The van der Waals surface area contributed by atoms with Gasteiger partial charge in [-0.05, 0) is 30.2 Å². The van der Waals surface area contributed by atoms with Crippen LogP contribution in [0, 0.1) is 0 Å². The topological polar surface area (TPSA) is 66.4 Å². The number of amides is 1. The zero-order chi connectivity index (χ0) is 22.9.